The predicted octanol–water partition coefficient (Wildman–Crippen LogP) is 4.44. The maximum absolute atomic E-state index is 13.0. The van der Waals surface area contributed by atoms with Crippen molar-refractivity contribution in [1.29, 1.82) is 0 Å². The van der Waals surface area contributed by atoms with Gasteiger partial charge in [0.25, 0.3) is 8.32 Å². The van der Waals surface area contributed by atoms with Crippen LogP contribution in [0.3, 0.4) is 0 Å². The molecule has 3 rings (SSSR count). The summed E-state index contributed by atoms with van der Waals surface area (Å²) in [5.74, 6) is -2.35. The Kier molecular flexibility index (Phi) is 12.9. The summed E-state index contributed by atoms with van der Waals surface area (Å²) in [7, 11) is -1.28. The standard InChI is InChI=1S/C35H46N2O7Si/c1-26(31(33(39)40)36-32(38)27(2)37(6)34(41)43-25-28-16-10-7-11-17-28)24-42-22-23-44-45(35(3,4)5,29-18-12-8-13-19-29)30-20-14-9-15-21-30/h7-21,26-27,31H,22-25H2,1-6H3,(H,36,38)(H,39,40)/t26-,27-,31+/m1/s1. The van der Waals surface area contributed by atoms with Crippen LogP contribution in [0.25, 0.3) is 0 Å². The lowest BCUT2D eigenvalue weighted by Gasteiger charge is -2.43. The van der Waals surface area contributed by atoms with E-state index < -0.39 is 44.3 Å². The van der Waals surface area contributed by atoms with Crippen LogP contribution in [0.5, 0.6) is 0 Å². The number of carboxylic acid groups (broad SMARTS) is 1. The first kappa shape index (κ1) is 35.5. The molecule has 3 aromatic rings. The molecular formula is C35H46N2O7Si. The summed E-state index contributed by atoms with van der Waals surface area (Å²) in [6.45, 7) is 10.5. The highest BCUT2D eigenvalue weighted by atomic mass is 28.4. The van der Waals surface area contributed by atoms with Crippen LogP contribution in [0.15, 0.2) is 91.0 Å². The number of carboxylic acids is 1. The first-order chi connectivity index (χ1) is 21.4. The van der Waals surface area contributed by atoms with Crippen molar-refractivity contribution in [3.63, 3.8) is 0 Å². The predicted molar refractivity (Wildman–Crippen MR) is 177 cm³/mol. The Morgan fingerprint density at radius 2 is 1.36 bits per heavy atom. The zero-order valence-electron chi connectivity index (χ0n) is 27.1. The molecule has 45 heavy (non-hydrogen) atoms. The highest BCUT2D eigenvalue weighted by molar-refractivity contribution is 6.99. The van der Waals surface area contributed by atoms with Gasteiger partial charge in [0.2, 0.25) is 5.91 Å². The SMILES string of the molecule is C[C@H](COCCO[Si](c1ccccc1)(c1ccccc1)C(C)(C)C)[C@H](NC(=O)[C@@H](C)N(C)C(=O)OCc1ccccc1)C(=O)O. The molecule has 2 amide bonds. The van der Waals surface area contributed by atoms with Crippen molar-refractivity contribution in [2.75, 3.05) is 26.9 Å². The molecule has 10 heteroatoms. The zero-order chi connectivity index (χ0) is 33.0. The Bertz CT molecular complexity index is 1330. The number of carbonyl (C=O) groups excluding carboxylic acids is 2. The minimum absolute atomic E-state index is 0.0598. The Morgan fingerprint density at radius 3 is 1.84 bits per heavy atom. The van der Waals surface area contributed by atoms with Crippen LogP contribution in [-0.2, 0) is 30.1 Å². The average Bonchev–Trinajstić information content (AvgIpc) is 3.03. The summed E-state index contributed by atoms with van der Waals surface area (Å²) in [6, 6.07) is 27.6. The summed E-state index contributed by atoms with van der Waals surface area (Å²) >= 11 is 0. The third kappa shape index (κ3) is 9.26. The Hall–Kier alpha value is -3.99. The van der Waals surface area contributed by atoms with Crippen molar-refractivity contribution in [2.45, 2.75) is 58.3 Å². The normalized spacial score (nSPS) is 13.7. The van der Waals surface area contributed by atoms with E-state index in [1.54, 1.807) is 6.92 Å². The van der Waals surface area contributed by atoms with E-state index in [1.165, 1.54) is 14.0 Å². The molecule has 0 saturated carbocycles. The quantitative estimate of drug-likeness (QED) is 0.188. The van der Waals surface area contributed by atoms with E-state index in [-0.39, 0.29) is 24.9 Å². The van der Waals surface area contributed by atoms with E-state index >= 15 is 0 Å². The number of likely N-dealkylation sites (N-methyl/N-ethyl adjacent to an activating group) is 1. The number of benzene rings is 3. The summed E-state index contributed by atoms with van der Waals surface area (Å²) in [6.07, 6.45) is -0.689. The van der Waals surface area contributed by atoms with Crippen molar-refractivity contribution >= 4 is 36.7 Å². The van der Waals surface area contributed by atoms with Gasteiger partial charge < -0.3 is 24.3 Å². The number of hydrogen-bond donors (Lipinski definition) is 2. The third-order valence-electron chi connectivity index (χ3n) is 7.93. The molecule has 3 aromatic carbocycles. The van der Waals surface area contributed by atoms with Gasteiger partial charge in [0.1, 0.15) is 18.7 Å². The largest absolute Gasteiger partial charge is 0.480 e. The molecule has 0 bridgehead atoms. The molecule has 242 valence electrons. The van der Waals surface area contributed by atoms with Crippen molar-refractivity contribution < 1.29 is 33.4 Å². The Morgan fingerprint density at radius 1 is 0.844 bits per heavy atom. The molecule has 0 aliphatic carbocycles. The third-order valence-corrected chi connectivity index (χ3v) is 13.0. The van der Waals surface area contributed by atoms with Gasteiger partial charge in [-0.1, -0.05) is 119 Å². The van der Waals surface area contributed by atoms with Crippen LogP contribution in [0.2, 0.25) is 5.04 Å². The lowest BCUT2D eigenvalue weighted by Crippen LogP contribution is -2.66. The second kappa shape index (κ2) is 16.4. The Balaban J connectivity index is 1.57. The molecule has 0 aromatic heterocycles. The van der Waals surface area contributed by atoms with Crippen LogP contribution in [0, 0.1) is 5.92 Å². The summed E-state index contributed by atoms with van der Waals surface area (Å²) in [5.41, 5.74) is 0.813. The fraction of sp³-hybridized carbons (Fsp3) is 0.400. The second-order valence-electron chi connectivity index (χ2n) is 12.2. The van der Waals surface area contributed by atoms with Crippen molar-refractivity contribution in [2.24, 2.45) is 5.92 Å². The van der Waals surface area contributed by atoms with Gasteiger partial charge in [-0.2, -0.15) is 0 Å². The minimum Gasteiger partial charge on any atom is -0.480 e. The van der Waals surface area contributed by atoms with Gasteiger partial charge in [-0.3, -0.25) is 9.69 Å². The molecule has 0 unspecified atom stereocenters. The summed E-state index contributed by atoms with van der Waals surface area (Å²) < 4.78 is 18.0. The maximum Gasteiger partial charge on any atom is 0.410 e. The first-order valence-corrected chi connectivity index (χ1v) is 17.1. The number of amides is 2. The number of rotatable bonds is 15. The van der Waals surface area contributed by atoms with E-state index in [0.29, 0.717) is 6.61 Å². The zero-order valence-corrected chi connectivity index (χ0v) is 28.1. The van der Waals surface area contributed by atoms with Gasteiger partial charge in [0.05, 0.1) is 19.8 Å². The molecular weight excluding hydrogens is 588 g/mol. The van der Waals surface area contributed by atoms with Crippen LogP contribution >= 0.6 is 0 Å². The van der Waals surface area contributed by atoms with Crippen LogP contribution in [-0.4, -0.2) is 75.2 Å². The molecule has 2 N–H and O–H groups in total. The second-order valence-corrected chi connectivity index (χ2v) is 16.5. The average molecular weight is 635 g/mol. The highest BCUT2D eigenvalue weighted by Gasteiger charge is 2.50. The molecule has 3 atom stereocenters. The van der Waals surface area contributed by atoms with Crippen molar-refractivity contribution in [3.8, 4) is 0 Å². The van der Waals surface area contributed by atoms with Crippen LogP contribution in [0.4, 0.5) is 4.79 Å². The molecule has 0 aliphatic heterocycles. The van der Waals surface area contributed by atoms with E-state index in [4.69, 9.17) is 13.9 Å². The Labute approximate surface area is 267 Å². The molecule has 0 saturated heterocycles. The van der Waals surface area contributed by atoms with E-state index in [9.17, 15) is 19.5 Å². The van der Waals surface area contributed by atoms with Crippen LogP contribution in [0.1, 0.15) is 40.2 Å². The molecule has 0 radical (unpaired) electrons. The van der Waals surface area contributed by atoms with Gasteiger partial charge in [0, 0.05) is 13.0 Å². The number of hydrogen-bond acceptors (Lipinski definition) is 6. The van der Waals surface area contributed by atoms with Crippen molar-refractivity contribution in [1.82, 2.24) is 10.2 Å². The lowest BCUT2D eigenvalue weighted by molar-refractivity contribution is -0.144. The fourth-order valence-corrected chi connectivity index (χ4v) is 9.80. The number of nitrogens with one attached hydrogen (secondary N) is 1. The van der Waals surface area contributed by atoms with Gasteiger partial charge in [-0.05, 0) is 27.9 Å². The molecule has 0 heterocycles. The molecule has 0 spiro atoms. The highest BCUT2D eigenvalue weighted by Crippen LogP contribution is 2.36. The topological polar surface area (TPSA) is 114 Å². The smallest absolute Gasteiger partial charge is 0.410 e. The minimum atomic E-state index is -2.72. The van der Waals surface area contributed by atoms with Gasteiger partial charge in [-0.25, -0.2) is 9.59 Å². The van der Waals surface area contributed by atoms with Crippen molar-refractivity contribution in [3.05, 3.63) is 96.6 Å². The van der Waals surface area contributed by atoms with Gasteiger partial charge in [-0.15, -0.1) is 0 Å². The summed E-state index contributed by atoms with van der Waals surface area (Å²) in [4.78, 5) is 38.7. The van der Waals surface area contributed by atoms with E-state index in [1.807, 2.05) is 66.7 Å². The lowest BCUT2D eigenvalue weighted by atomic mass is 10.0. The van der Waals surface area contributed by atoms with Crippen LogP contribution < -0.4 is 15.7 Å². The number of nitrogens with zero attached hydrogens (tertiary/aromatic N) is 1. The number of carbonyl (C=O) groups is 3. The number of ether oxygens (including phenoxy) is 2. The van der Waals surface area contributed by atoms with Gasteiger partial charge >= 0.3 is 12.1 Å². The van der Waals surface area contributed by atoms with E-state index in [2.05, 4.69) is 50.4 Å². The monoisotopic (exact) mass is 634 g/mol. The molecule has 9 nitrogen and oxygen atoms in total. The number of aliphatic carboxylic acids is 1. The fourth-order valence-electron chi connectivity index (χ4n) is 5.26. The maximum atomic E-state index is 13.0. The van der Waals surface area contributed by atoms with Gasteiger partial charge in [0.15, 0.2) is 0 Å². The summed E-state index contributed by atoms with van der Waals surface area (Å²) in [5, 5.41) is 14.6. The van der Waals surface area contributed by atoms with E-state index in [0.717, 1.165) is 20.8 Å². The molecule has 0 fully saturated rings. The first-order valence-electron chi connectivity index (χ1n) is 15.2. The molecule has 0 aliphatic rings.